The van der Waals surface area contributed by atoms with Gasteiger partial charge < -0.3 is 0 Å². The molecule has 20 heavy (non-hydrogen) atoms. The van der Waals surface area contributed by atoms with Gasteiger partial charge in [0.15, 0.2) is 0 Å². The van der Waals surface area contributed by atoms with Crippen molar-refractivity contribution < 1.29 is 13.0 Å². The smallest absolute Gasteiger partial charge is 0.246 e. The Kier molecular flexibility index (Phi) is 4.32. The number of nitrogens with zero attached hydrogens (tertiary/aromatic N) is 1. The van der Waals surface area contributed by atoms with Crippen molar-refractivity contribution in [3.05, 3.63) is 24.3 Å². The van der Waals surface area contributed by atoms with E-state index in [0.29, 0.717) is 5.69 Å². The Morgan fingerprint density at radius 1 is 1.15 bits per heavy atom. The molecule has 1 aliphatic rings. The van der Waals surface area contributed by atoms with E-state index in [1.807, 2.05) is 37.7 Å². The summed E-state index contributed by atoms with van der Waals surface area (Å²) in [6.07, 6.45) is 2.55. The molecule has 110 valence electrons. The highest BCUT2D eigenvalue weighted by Gasteiger charge is 2.31. The summed E-state index contributed by atoms with van der Waals surface area (Å²) in [6.45, 7) is 1.98. The second-order valence-corrected chi connectivity index (χ2v) is 7.34. The molecule has 2 N–H and O–H groups in total. The van der Waals surface area contributed by atoms with Crippen molar-refractivity contribution in [2.75, 3.05) is 24.1 Å². The Hall–Kier alpha value is -1.56. The fraction of sp³-hybridized carbons (Fsp3) is 0.500. The summed E-state index contributed by atoms with van der Waals surface area (Å²) in [7, 11) is 0.714. The van der Waals surface area contributed by atoms with Crippen LogP contribution < -0.4 is 10.0 Å². The number of hydrogen-bond donors (Lipinski definition) is 2. The summed E-state index contributed by atoms with van der Waals surface area (Å²) in [5.41, 5.74) is 1.55. The maximum Gasteiger partial charge on any atom is 0.246 e. The molecule has 0 aromatic heterocycles. The maximum atomic E-state index is 12.0. The zero-order valence-corrected chi connectivity index (χ0v) is 13.0. The number of nitrogens with one attached hydrogen (secondary N) is 2. The Balaban J connectivity index is 2.03. The first-order valence-electron chi connectivity index (χ1n) is 6.78. The molecular formula is C14H22N3O2S+. The Morgan fingerprint density at radius 3 is 2.15 bits per heavy atom. The normalized spacial score (nSPS) is 15.3. The van der Waals surface area contributed by atoms with Gasteiger partial charge >= 0.3 is 0 Å². The maximum absolute atomic E-state index is 12.0. The molecule has 0 radical (unpaired) electrons. The van der Waals surface area contributed by atoms with Gasteiger partial charge in [0, 0.05) is 12.6 Å². The second-order valence-electron chi connectivity index (χ2n) is 5.38. The van der Waals surface area contributed by atoms with Crippen LogP contribution in [0.15, 0.2) is 24.3 Å². The average molecular weight is 296 g/mol. The molecule has 6 heteroatoms. The summed E-state index contributed by atoms with van der Waals surface area (Å²) in [6, 6.07) is 7.29. The van der Waals surface area contributed by atoms with Gasteiger partial charge in [-0.2, -0.15) is 0 Å². The van der Waals surface area contributed by atoms with Crippen LogP contribution in [0.25, 0.3) is 0 Å². The second kappa shape index (κ2) is 5.83. The van der Waals surface area contributed by atoms with Crippen LogP contribution in [0.2, 0.25) is 0 Å². The van der Waals surface area contributed by atoms with Crippen LogP contribution in [0.4, 0.5) is 11.4 Å². The number of amidine groups is 1. The van der Waals surface area contributed by atoms with Crippen molar-refractivity contribution >= 4 is 27.2 Å². The molecule has 0 amide bonds. The summed E-state index contributed by atoms with van der Waals surface area (Å²) in [4.78, 5) is 0. The van der Waals surface area contributed by atoms with Gasteiger partial charge in [0.05, 0.1) is 19.3 Å². The van der Waals surface area contributed by atoms with Crippen LogP contribution in [-0.4, -0.2) is 38.2 Å². The van der Waals surface area contributed by atoms with E-state index in [-0.39, 0.29) is 5.25 Å². The van der Waals surface area contributed by atoms with Gasteiger partial charge in [-0.05, 0) is 37.1 Å². The average Bonchev–Trinajstić information content (AvgIpc) is 2.28. The molecule has 1 saturated carbocycles. The molecule has 1 aromatic carbocycles. The molecule has 5 nitrogen and oxygen atoms in total. The molecule has 0 aliphatic heterocycles. The minimum Gasteiger partial charge on any atom is -0.283 e. The van der Waals surface area contributed by atoms with Crippen LogP contribution in [-0.2, 0) is 10.0 Å². The number of anilines is 2. The van der Waals surface area contributed by atoms with E-state index < -0.39 is 10.0 Å². The monoisotopic (exact) mass is 296 g/mol. The predicted octanol–water partition coefficient (Wildman–Crippen LogP) is 2.08. The highest BCUT2D eigenvalue weighted by atomic mass is 32.2. The lowest BCUT2D eigenvalue weighted by Crippen LogP contribution is -2.33. The lowest BCUT2D eigenvalue weighted by Gasteiger charge is -2.25. The first-order chi connectivity index (χ1) is 9.38. The quantitative estimate of drug-likeness (QED) is 0.508. The number of rotatable bonds is 4. The number of sulfonamides is 1. The van der Waals surface area contributed by atoms with Gasteiger partial charge in [-0.1, -0.05) is 6.42 Å². The fourth-order valence-corrected chi connectivity index (χ4v) is 3.46. The van der Waals surface area contributed by atoms with Crippen molar-refractivity contribution in [3.8, 4) is 0 Å². The fourth-order valence-electron chi connectivity index (χ4n) is 1.87. The van der Waals surface area contributed by atoms with E-state index in [1.54, 1.807) is 12.1 Å². The lowest BCUT2D eigenvalue weighted by atomic mass is 10.0. The lowest BCUT2D eigenvalue weighted by molar-refractivity contribution is -0.464. The third-order valence-corrected chi connectivity index (χ3v) is 5.50. The molecule has 2 rings (SSSR count). The van der Waals surface area contributed by atoms with Crippen LogP contribution in [0.3, 0.4) is 0 Å². The highest BCUT2D eigenvalue weighted by molar-refractivity contribution is 7.93. The Labute approximate surface area is 120 Å². The molecular weight excluding hydrogens is 274 g/mol. The summed E-state index contributed by atoms with van der Waals surface area (Å²) < 4.78 is 28.6. The van der Waals surface area contributed by atoms with Crippen LogP contribution in [0.5, 0.6) is 0 Å². The Bertz CT molecular complexity index is 598. The topological polar surface area (TPSA) is 61.2 Å². The molecule has 1 aromatic rings. The Morgan fingerprint density at radius 2 is 1.70 bits per heavy atom. The molecule has 0 spiro atoms. The van der Waals surface area contributed by atoms with Crippen LogP contribution in [0.1, 0.15) is 26.2 Å². The van der Waals surface area contributed by atoms with Crippen LogP contribution in [0, 0.1) is 0 Å². The number of hydrogen-bond acceptors (Lipinski definition) is 2. The first-order valence-corrected chi connectivity index (χ1v) is 8.33. The molecule has 0 unspecified atom stereocenters. The summed E-state index contributed by atoms with van der Waals surface area (Å²) in [5.74, 6) is 1.02. The van der Waals surface area contributed by atoms with Crippen molar-refractivity contribution in [1.82, 2.24) is 0 Å². The molecule has 0 bridgehead atoms. The van der Waals surface area contributed by atoms with Crippen molar-refractivity contribution in [3.63, 3.8) is 0 Å². The van der Waals surface area contributed by atoms with Crippen LogP contribution >= 0.6 is 0 Å². The van der Waals surface area contributed by atoms with E-state index in [1.165, 1.54) is 0 Å². The van der Waals surface area contributed by atoms with E-state index in [4.69, 9.17) is 0 Å². The SMILES string of the molecule is CC(Nc1ccc(NS(=O)(=O)C2CCC2)cc1)=[N+](C)C. The molecule has 0 atom stereocenters. The van der Waals surface area contributed by atoms with Crippen molar-refractivity contribution in [2.24, 2.45) is 0 Å². The third-order valence-electron chi connectivity index (χ3n) is 3.63. The summed E-state index contributed by atoms with van der Waals surface area (Å²) in [5, 5.41) is 3.02. The molecule has 0 saturated heterocycles. The van der Waals surface area contributed by atoms with Gasteiger partial charge in [-0.25, -0.2) is 13.7 Å². The zero-order valence-electron chi connectivity index (χ0n) is 12.2. The standard InChI is InChI=1S/C14H21N3O2S/c1-11(17(2)3)15-12-7-9-13(10-8-12)16-20(18,19)14-5-4-6-14/h7-10,14,16H,4-6H2,1-3H3/p+1. The minimum absolute atomic E-state index is 0.218. The molecule has 1 fully saturated rings. The number of benzene rings is 1. The van der Waals surface area contributed by atoms with E-state index >= 15 is 0 Å². The largest absolute Gasteiger partial charge is 0.283 e. The van der Waals surface area contributed by atoms with Gasteiger partial charge in [0.25, 0.3) is 0 Å². The zero-order chi connectivity index (χ0) is 14.8. The predicted molar refractivity (Wildman–Crippen MR) is 83.0 cm³/mol. The van der Waals surface area contributed by atoms with Crippen molar-refractivity contribution in [1.29, 1.82) is 0 Å². The molecule has 0 heterocycles. The van der Waals surface area contributed by atoms with Crippen molar-refractivity contribution in [2.45, 2.75) is 31.4 Å². The van der Waals surface area contributed by atoms with Gasteiger partial charge in [-0.15, -0.1) is 0 Å². The van der Waals surface area contributed by atoms with Gasteiger partial charge in [0.2, 0.25) is 15.9 Å². The first kappa shape index (κ1) is 14.8. The van der Waals surface area contributed by atoms with E-state index in [0.717, 1.165) is 30.8 Å². The summed E-state index contributed by atoms with van der Waals surface area (Å²) >= 11 is 0. The van der Waals surface area contributed by atoms with Gasteiger partial charge in [0.1, 0.15) is 5.69 Å². The molecule has 1 aliphatic carbocycles. The van der Waals surface area contributed by atoms with E-state index in [2.05, 4.69) is 10.0 Å². The van der Waals surface area contributed by atoms with Gasteiger partial charge in [-0.3, -0.25) is 9.30 Å². The third kappa shape index (κ3) is 3.50. The highest BCUT2D eigenvalue weighted by Crippen LogP contribution is 2.27. The minimum atomic E-state index is -3.21. The van der Waals surface area contributed by atoms with E-state index in [9.17, 15) is 8.42 Å².